The molecule has 6 heteroatoms. The van der Waals surface area contributed by atoms with Crippen molar-refractivity contribution in [1.29, 1.82) is 0 Å². The Balaban J connectivity index is 1.91. The van der Waals surface area contributed by atoms with Gasteiger partial charge in [-0.15, -0.1) is 11.3 Å². The average molecular weight is 363 g/mol. The topological polar surface area (TPSA) is 68.0 Å². The number of aromatic carboxylic acids is 1. The van der Waals surface area contributed by atoms with Gasteiger partial charge < -0.3 is 9.67 Å². The highest BCUT2D eigenvalue weighted by Crippen LogP contribution is 2.31. The molecule has 0 aliphatic carbocycles. The van der Waals surface area contributed by atoms with Gasteiger partial charge in [-0.05, 0) is 48.6 Å². The van der Waals surface area contributed by atoms with Gasteiger partial charge in [0.1, 0.15) is 5.82 Å². The lowest BCUT2D eigenvalue weighted by Gasteiger charge is -2.11. The van der Waals surface area contributed by atoms with Crippen LogP contribution in [0.4, 0.5) is 0 Å². The molecule has 0 unspecified atom stereocenters. The second-order valence-corrected chi connectivity index (χ2v) is 7.12. The summed E-state index contributed by atoms with van der Waals surface area (Å²) in [6, 6.07) is 9.94. The maximum absolute atomic E-state index is 11.9. The number of thiophene rings is 1. The summed E-state index contributed by atoms with van der Waals surface area (Å²) in [7, 11) is 0. The van der Waals surface area contributed by atoms with E-state index in [1.165, 1.54) is 15.6 Å². The minimum absolute atomic E-state index is 0.219. The molecule has 0 saturated heterocycles. The van der Waals surface area contributed by atoms with Crippen molar-refractivity contribution >= 4 is 27.4 Å². The Bertz CT molecular complexity index is 1110. The highest BCUT2D eigenvalue weighted by atomic mass is 32.1. The number of aryl methyl sites for hydroxylation is 2. The van der Waals surface area contributed by atoms with Gasteiger partial charge in [-0.2, -0.15) is 0 Å². The average Bonchev–Trinajstić information content (AvgIpc) is 3.18. The maximum Gasteiger partial charge on any atom is 0.354 e. The summed E-state index contributed by atoms with van der Waals surface area (Å²) in [5.41, 5.74) is 3.83. The summed E-state index contributed by atoms with van der Waals surface area (Å²) in [6.45, 7) is 4.27. The Hall–Kier alpha value is -2.99. The van der Waals surface area contributed by atoms with Crippen LogP contribution in [-0.4, -0.2) is 25.6 Å². The molecule has 4 aromatic rings. The Morgan fingerprint density at radius 1 is 1.23 bits per heavy atom. The monoisotopic (exact) mass is 363 g/mol. The number of hydrogen-bond donors (Lipinski definition) is 1. The Morgan fingerprint density at radius 3 is 2.81 bits per heavy atom. The Labute approximate surface area is 154 Å². The lowest BCUT2D eigenvalue weighted by molar-refractivity contribution is 0.0685. The molecule has 0 aliphatic heterocycles. The van der Waals surface area contributed by atoms with E-state index < -0.39 is 5.97 Å². The van der Waals surface area contributed by atoms with E-state index in [1.807, 2.05) is 18.2 Å². The van der Waals surface area contributed by atoms with Gasteiger partial charge in [0, 0.05) is 28.0 Å². The van der Waals surface area contributed by atoms with Crippen molar-refractivity contribution < 1.29 is 9.90 Å². The van der Waals surface area contributed by atoms with Crippen LogP contribution >= 0.6 is 11.3 Å². The van der Waals surface area contributed by atoms with E-state index >= 15 is 0 Å². The summed E-state index contributed by atoms with van der Waals surface area (Å²) in [5, 5.41) is 13.0. The van der Waals surface area contributed by atoms with Crippen LogP contribution in [0.1, 0.15) is 27.3 Å². The number of pyridine rings is 1. The number of imidazole rings is 1. The van der Waals surface area contributed by atoms with E-state index in [0.29, 0.717) is 18.1 Å². The Morgan fingerprint density at radius 2 is 2.08 bits per heavy atom. The molecule has 0 aliphatic rings. The first-order valence-corrected chi connectivity index (χ1v) is 9.10. The molecule has 26 heavy (non-hydrogen) atoms. The van der Waals surface area contributed by atoms with Gasteiger partial charge in [-0.25, -0.2) is 9.78 Å². The third-order valence-corrected chi connectivity index (χ3v) is 5.47. The minimum Gasteiger partial charge on any atom is -0.477 e. The van der Waals surface area contributed by atoms with Gasteiger partial charge in [0.25, 0.3) is 0 Å². The van der Waals surface area contributed by atoms with E-state index in [-0.39, 0.29) is 5.69 Å². The zero-order valence-electron chi connectivity index (χ0n) is 14.4. The van der Waals surface area contributed by atoms with Crippen LogP contribution in [0.5, 0.6) is 0 Å². The fraction of sp³-hybridized carbons (Fsp3) is 0.150. The summed E-state index contributed by atoms with van der Waals surface area (Å²) >= 11 is 1.68. The summed E-state index contributed by atoms with van der Waals surface area (Å²) in [6.07, 6.45) is 3.40. The highest BCUT2D eigenvalue weighted by Gasteiger charge is 2.22. The van der Waals surface area contributed by atoms with Gasteiger partial charge in [0.05, 0.1) is 12.2 Å². The molecule has 3 heterocycles. The van der Waals surface area contributed by atoms with Crippen LogP contribution in [-0.2, 0) is 6.54 Å². The summed E-state index contributed by atoms with van der Waals surface area (Å²) < 4.78 is 2.99. The molecule has 0 bridgehead atoms. The number of hydrogen-bond acceptors (Lipinski definition) is 4. The van der Waals surface area contributed by atoms with E-state index in [2.05, 4.69) is 34.4 Å². The van der Waals surface area contributed by atoms with Crippen molar-refractivity contribution in [3.8, 4) is 11.4 Å². The molecular weight excluding hydrogens is 346 g/mol. The first kappa shape index (κ1) is 16.5. The van der Waals surface area contributed by atoms with Crippen molar-refractivity contribution in [2.75, 3.05) is 0 Å². The standard InChI is InChI=1S/C20H17N3O2S/c1-12-5-3-7-16-17(12)15(11-26-16)10-23-18(20(24)25)13(2)22-19(23)14-6-4-8-21-9-14/h3-9,11H,10H2,1-2H3,(H,24,25). The predicted molar refractivity (Wildman–Crippen MR) is 103 cm³/mol. The second-order valence-electron chi connectivity index (χ2n) is 6.21. The molecule has 0 fully saturated rings. The van der Waals surface area contributed by atoms with Crippen molar-refractivity contribution in [2.45, 2.75) is 20.4 Å². The third kappa shape index (κ3) is 2.68. The molecule has 0 amide bonds. The van der Waals surface area contributed by atoms with Gasteiger partial charge in [0.2, 0.25) is 0 Å². The Kier molecular flexibility index (Phi) is 4.05. The maximum atomic E-state index is 11.9. The highest BCUT2D eigenvalue weighted by molar-refractivity contribution is 7.17. The molecule has 4 rings (SSSR count). The van der Waals surface area contributed by atoms with Gasteiger partial charge in [-0.1, -0.05) is 12.1 Å². The van der Waals surface area contributed by atoms with E-state index in [0.717, 1.165) is 11.1 Å². The first-order chi connectivity index (χ1) is 12.6. The SMILES string of the molecule is Cc1nc(-c2cccnc2)n(Cc2csc3cccc(C)c23)c1C(=O)O. The largest absolute Gasteiger partial charge is 0.477 e. The molecular formula is C20H17N3O2S. The van der Waals surface area contributed by atoms with Crippen molar-refractivity contribution in [3.63, 3.8) is 0 Å². The quantitative estimate of drug-likeness (QED) is 0.579. The number of benzene rings is 1. The minimum atomic E-state index is -0.971. The number of carboxylic acid groups (broad SMARTS) is 1. The summed E-state index contributed by atoms with van der Waals surface area (Å²) in [4.78, 5) is 20.6. The van der Waals surface area contributed by atoms with Gasteiger partial charge in [-0.3, -0.25) is 4.98 Å². The number of fused-ring (bicyclic) bond motifs is 1. The second kappa shape index (κ2) is 6.38. The number of carbonyl (C=O) groups is 1. The van der Waals surface area contributed by atoms with E-state index in [9.17, 15) is 9.90 Å². The molecule has 0 spiro atoms. The first-order valence-electron chi connectivity index (χ1n) is 8.22. The number of aromatic nitrogens is 3. The van der Waals surface area contributed by atoms with Crippen LogP contribution < -0.4 is 0 Å². The molecule has 130 valence electrons. The fourth-order valence-corrected chi connectivity index (χ4v) is 4.37. The lowest BCUT2D eigenvalue weighted by atomic mass is 10.1. The predicted octanol–water partition coefficient (Wildman–Crippen LogP) is 4.52. The number of nitrogens with zero attached hydrogens (tertiary/aromatic N) is 3. The third-order valence-electron chi connectivity index (χ3n) is 4.48. The van der Waals surface area contributed by atoms with Crippen molar-refractivity contribution in [2.24, 2.45) is 0 Å². The normalized spacial score (nSPS) is 11.2. The van der Waals surface area contributed by atoms with Crippen LogP contribution in [0.2, 0.25) is 0 Å². The zero-order chi connectivity index (χ0) is 18.3. The molecule has 3 aromatic heterocycles. The summed E-state index contributed by atoms with van der Waals surface area (Å²) in [5.74, 6) is -0.345. The van der Waals surface area contributed by atoms with Crippen molar-refractivity contribution in [3.05, 3.63) is 70.6 Å². The molecule has 5 nitrogen and oxygen atoms in total. The lowest BCUT2D eigenvalue weighted by Crippen LogP contribution is -2.11. The van der Waals surface area contributed by atoms with Crippen molar-refractivity contribution in [1.82, 2.24) is 14.5 Å². The number of carboxylic acids is 1. The van der Waals surface area contributed by atoms with E-state index in [1.54, 1.807) is 35.2 Å². The van der Waals surface area contributed by atoms with Gasteiger partial charge in [0.15, 0.2) is 5.69 Å². The molecule has 0 radical (unpaired) electrons. The zero-order valence-corrected chi connectivity index (χ0v) is 15.2. The number of rotatable bonds is 4. The van der Waals surface area contributed by atoms with E-state index in [4.69, 9.17) is 0 Å². The van der Waals surface area contributed by atoms with Crippen LogP contribution in [0.15, 0.2) is 48.1 Å². The smallest absolute Gasteiger partial charge is 0.354 e. The molecule has 0 saturated carbocycles. The van der Waals surface area contributed by atoms with Gasteiger partial charge >= 0.3 is 5.97 Å². The molecule has 1 aromatic carbocycles. The fourth-order valence-electron chi connectivity index (χ4n) is 3.34. The molecule has 1 N–H and O–H groups in total. The molecule has 0 atom stereocenters. The van der Waals surface area contributed by atoms with Crippen LogP contribution in [0.3, 0.4) is 0 Å². The van der Waals surface area contributed by atoms with Crippen LogP contribution in [0, 0.1) is 13.8 Å². The van der Waals surface area contributed by atoms with Crippen LogP contribution in [0.25, 0.3) is 21.5 Å².